The zero-order valence-electron chi connectivity index (χ0n) is 12.5. The van der Waals surface area contributed by atoms with Crippen LogP contribution in [0.1, 0.15) is 37.9 Å². The third-order valence-corrected chi connectivity index (χ3v) is 5.07. The Morgan fingerprint density at radius 2 is 1.79 bits per heavy atom. The summed E-state index contributed by atoms with van der Waals surface area (Å²) in [6, 6.07) is 9.16. The van der Waals surface area contributed by atoms with Crippen molar-refractivity contribution in [3.8, 4) is 0 Å². The number of benzene rings is 1. The van der Waals surface area contributed by atoms with Gasteiger partial charge >= 0.3 is 0 Å². The highest BCUT2D eigenvalue weighted by atomic mass is 32.2. The lowest BCUT2D eigenvalue weighted by atomic mass is 9.94. The number of nitrogens with zero attached hydrogens (tertiary/aromatic N) is 1. The predicted molar refractivity (Wildman–Crippen MR) is 85.7 cm³/mol. The smallest absolute Gasteiger partial charge is 0.0499 e. The van der Waals surface area contributed by atoms with Gasteiger partial charge in [0.1, 0.15) is 0 Å². The van der Waals surface area contributed by atoms with Crippen LogP contribution < -0.4 is 5.73 Å². The Labute approximate surface area is 121 Å². The minimum absolute atomic E-state index is 0.156. The van der Waals surface area contributed by atoms with Gasteiger partial charge < -0.3 is 5.73 Å². The van der Waals surface area contributed by atoms with Gasteiger partial charge in [0.15, 0.2) is 0 Å². The van der Waals surface area contributed by atoms with Gasteiger partial charge in [0, 0.05) is 35.7 Å². The molecule has 4 unspecified atom stereocenters. The molecule has 0 aromatic heterocycles. The Morgan fingerprint density at radius 3 is 2.32 bits per heavy atom. The Kier molecular flexibility index (Phi) is 4.93. The molecule has 1 aromatic carbocycles. The SMILES string of the molecule is Cc1ccccc1C(C(C)N)N1CC(C)SC(C)C1. The number of thioether (sulfide) groups is 1. The van der Waals surface area contributed by atoms with Crippen LogP contribution in [0.5, 0.6) is 0 Å². The molecule has 1 heterocycles. The number of hydrogen-bond acceptors (Lipinski definition) is 3. The van der Waals surface area contributed by atoms with Crippen molar-refractivity contribution in [3.05, 3.63) is 35.4 Å². The summed E-state index contributed by atoms with van der Waals surface area (Å²) < 4.78 is 0. The fraction of sp³-hybridized carbons (Fsp3) is 0.625. The van der Waals surface area contributed by atoms with Gasteiger partial charge in [-0.15, -0.1) is 0 Å². The highest BCUT2D eigenvalue weighted by Crippen LogP contribution is 2.33. The van der Waals surface area contributed by atoms with E-state index in [-0.39, 0.29) is 6.04 Å². The van der Waals surface area contributed by atoms with Gasteiger partial charge in [-0.3, -0.25) is 4.90 Å². The highest BCUT2D eigenvalue weighted by molar-refractivity contribution is 8.00. The van der Waals surface area contributed by atoms with Crippen LogP contribution in [0.15, 0.2) is 24.3 Å². The fourth-order valence-electron chi connectivity index (χ4n) is 3.18. The van der Waals surface area contributed by atoms with E-state index in [2.05, 4.69) is 68.6 Å². The molecule has 1 fully saturated rings. The van der Waals surface area contributed by atoms with E-state index in [0.29, 0.717) is 16.5 Å². The topological polar surface area (TPSA) is 29.3 Å². The zero-order chi connectivity index (χ0) is 14.0. The van der Waals surface area contributed by atoms with Crippen LogP contribution in [0.4, 0.5) is 0 Å². The third-order valence-electron chi connectivity index (χ3n) is 3.85. The summed E-state index contributed by atoms with van der Waals surface area (Å²) in [5, 5.41) is 1.38. The highest BCUT2D eigenvalue weighted by Gasteiger charge is 2.31. The molecular weight excluding hydrogens is 252 g/mol. The Bertz CT molecular complexity index is 409. The third kappa shape index (κ3) is 3.53. The second-order valence-electron chi connectivity index (χ2n) is 5.87. The van der Waals surface area contributed by atoms with E-state index in [9.17, 15) is 0 Å². The summed E-state index contributed by atoms with van der Waals surface area (Å²) in [5.41, 5.74) is 9.05. The van der Waals surface area contributed by atoms with Crippen molar-refractivity contribution < 1.29 is 0 Å². The van der Waals surface area contributed by atoms with Gasteiger partial charge in [-0.1, -0.05) is 38.1 Å². The minimum Gasteiger partial charge on any atom is -0.326 e. The van der Waals surface area contributed by atoms with Gasteiger partial charge in [0.25, 0.3) is 0 Å². The van der Waals surface area contributed by atoms with Crippen LogP contribution in [0.25, 0.3) is 0 Å². The van der Waals surface area contributed by atoms with E-state index in [0.717, 1.165) is 13.1 Å². The lowest BCUT2D eigenvalue weighted by Gasteiger charge is -2.42. The number of aryl methyl sites for hydroxylation is 1. The van der Waals surface area contributed by atoms with Crippen molar-refractivity contribution in [2.45, 2.75) is 50.3 Å². The molecule has 1 aliphatic heterocycles. The molecule has 1 saturated heterocycles. The quantitative estimate of drug-likeness (QED) is 0.920. The van der Waals surface area contributed by atoms with Gasteiger partial charge in [-0.2, -0.15) is 11.8 Å². The van der Waals surface area contributed by atoms with Crippen LogP contribution in [0.2, 0.25) is 0 Å². The molecule has 0 aliphatic carbocycles. The number of hydrogen-bond donors (Lipinski definition) is 1. The van der Waals surface area contributed by atoms with E-state index in [1.807, 2.05) is 0 Å². The van der Waals surface area contributed by atoms with Crippen LogP contribution >= 0.6 is 11.8 Å². The summed E-state index contributed by atoms with van der Waals surface area (Å²) in [6.45, 7) is 11.2. The van der Waals surface area contributed by atoms with Crippen molar-refractivity contribution in [1.82, 2.24) is 4.90 Å². The van der Waals surface area contributed by atoms with Crippen molar-refractivity contribution in [2.24, 2.45) is 5.73 Å². The van der Waals surface area contributed by atoms with Crippen LogP contribution in [0, 0.1) is 6.92 Å². The van der Waals surface area contributed by atoms with Crippen molar-refractivity contribution in [2.75, 3.05) is 13.1 Å². The molecule has 1 aliphatic rings. The standard InChI is InChI=1S/C16H26N2S/c1-11-7-5-6-8-15(11)16(14(4)17)18-9-12(2)19-13(3)10-18/h5-8,12-14,16H,9-10,17H2,1-4H3. The molecule has 0 radical (unpaired) electrons. The second kappa shape index (κ2) is 6.29. The largest absolute Gasteiger partial charge is 0.326 e. The van der Waals surface area contributed by atoms with E-state index >= 15 is 0 Å². The predicted octanol–water partition coefficient (Wildman–Crippen LogP) is 3.21. The monoisotopic (exact) mass is 278 g/mol. The van der Waals surface area contributed by atoms with E-state index in [4.69, 9.17) is 5.73 Å². The van der Waals surface area contributed by atoms with Gasteiger partial charge in [-0.25, -0.2) is 0 Å². The molecule has 19 heavy (non-hydrogen) atoms. The molecule has 0 bridgehead atoms. The van der Waals surface area contributed by atoms with Crippen molar-refractivity contribution >= 4 is 11.8 Å². The molecule has 1 aromatic rings. The molecule has 0 spiro atoms. The van der Waals surface area contributed by atoms with E-state index in [1.54, 1.807) is 0 Å². The summed E-state index contributed by atoms with van der Waals surface area (Å²) in [6.07, 6.45) is 0. The molecule has 3 heteroatoms. The first-order valence-electron chi connectivity index (χ1n) is 7.19. The minimum atomic E-state index is 0.156. The molecule has 2 N–H and O–H groups in total. The molecular formula is C16H26N2S. The molecule has 4 atom stereocenters. The van der Waals surface area contributed by atoms with Crippen LogP contribution in [-0.4, -0.2) is 34.5 Å². The van der Waals surface area contributed by atoms with Crippen LogP contribution in [0.3, 0.4) is 0 Å². The fourth-order valence-corrected chi connectivity index (χ4v) is 4.52. The lowest BCUT2D eigenvalue weighted by molar-refractivity contribution is 0.174. The lowest BCUT2D eigenvalue weighted by Crippen LogP contribution is -2.47. The Morgan fingerprint density at radius 1 is 1.21 bits per heavy atom. The van der Waals surface area contributed by atoms with Crippen molar-refractivity contribution in [1.29, 1.82) is 0 Å². The Hall–Kier alpha value is -0.510. The zero-order valence-corrected chi connectivity index (χ0v) is 13.3. The van der Waals surface area contributed by atoms with Crippen LogP contribution in [-0.2, 0) is 0 Å². The summed E-state index contributed by atoms with van der Waals surface area (Å²) in [7, 11) is 0. The molecule has 2 nitrogen and oxygen atoms in total. The molecule has 106 valence electrons. The maximum Gasteiger partial charge on any atom is 0.0499 e. The molecule has 0 saturated carbocycles. The maximum atomic E-state index is 6.31. The maximum absolute atomic E-state index is 6.31. The number of nitrogens with two attached hydrogens (primary N) is 1. The van der Waals surface area contributed by atoms with Crippen molar-refractivity contribution in [3.63, 3.8) is 0 Å². The average molecular weight is 278 g/mol. The van der Waals surface area contributed by atoms with Gasteiger partial charge in [0.2, 0.25) is 0 Å². The van der Waals surface area contributed by atoms with Gasteiger partial charge in [0.05, 0.1) is 0 Å². The molecule has 0 amide bonds. The van der Waals surface area contributed by atoms with E-state index in [1.165, 1.54) is 11.1 Å². The van der Waals surface area contributed by atoms with E-state index < -0.39 is 0 Å². The first kappa shape index (κ1) is 14.9. The average Bonchev–Trinajstić information content (AvgIpc) is 2.30. The summed E-state index contributed by atoms with van der Waals surface area (Å²) in [4.78, 5) is 2.58. The first-order chi connectivity index (χ1) is 8.99. The summed E-state index contributed by atoms with van der Waals surface area (Å²) >= 11 is 2.09. The number of rotatable bonds is 3. The first-order valence-corrected chi connectivity index (χ1v) is 8.14. The normalized spacial score (nSPS) is 28.1. The second-order valence-corrected chi connectivity index (χ2v) is 7.75. The Balaban J connectivity index is 2.28. The van der Waals surface area contributed by atoms with Gasteiger partial charge in [-0.05, 0) is 25.0 Å². The molecule has 2 rings (SSSR count). The summed E-state index contributed by atoms with van der Waals surface area (Å²) in [5.74, 6) is 0.